The molecule has 3 rings (SSSR count). The second kappa shape index (κ2) is 6.37. The maximum absolute atomic E-state index is 14.5. The number of alkyl halides is 1. The maximum Gasteiger partial charge on any atom is 0.345 e. The Bertz CT molecular complexity index is 633. The fraction of sp³-hybridized carbons (Fsp3) is 0.529. The van der Waals surface area contributed by atoms with E-state index in [1.165, 1.54) is 17.0 Å². The second-order valence-electron chi connectivity index (χ2n) is 6.44. The van der Waals surface area contributed by atoms with Gasteiger partial charge >= 0.3 is 12.0 Å². The molecule has 2 atom stereocenters. The minimum absolute atomic E-state index is 0.0717. The first-order chi connectivity index (χ1) is 11.4. The summed E-state index contributed by atoms with van der Waals surface area (Å²) in [5.74, 6) is -0.979. The molecule has 0 radical (unpaired) electrons. The van der Waals surface area contributed by atoms with E-state index >= 15 is 0 Å². The minimum Gasteiger partial charge on any atom is -0.467 e. The number of urea groups is 1. The summed E-state index contributed by atoms with van der Waals surface area (Å²) in [7, 11) is 1.13. The van der Waals surface area contributed by atoms with Crippen LogP contribution in [0.5, 0.6) is 0 Å². The van der Waals surface area contributed by atoms with Crippen molar-refractivity contribution in [3.63, 3.8) is 0 Å². The molecule has 0 aromatic heterocycles. The fourth-order valence-electron chi connectivity index (χ4n) is 3.09. The molecule has 1 aromatic rings. The SMILES string of the molecule is COC(=O)C1(F)CCN(C(=O)NC(c2ccc(F)cc2)C2CC2)C1. The number of nitrogens with one attached hydrogen (secondary N) is 1. The van der Waals surface area contributed by atoms with Crippen LogP contribution in [0.4, 0.5) is 13.6 Å². The predicted octanol–water partition coefficient (Wildman–Crippen LogP) is 2.57. The molecule has 2 unspecified atom stereocenters. The van der Waals surface area contributed by atoms with Crippen LogP contribution in [0.1, 0.15) is 30.9 Å². The van der Waals surface area contributed by atoms with Crippen LogP contribution in [0.15, 0.2) is 24.3 Å². The van der Waals surface area contributed by atoms with Crippen LogP contribution in [0.25, 0.3) is 0 Å². The topological polar surface area (TPSA) is 58.6 Å². The Balaban J connectivity index is 1.67. The average molecular weight is 338 g/mol. The first kappa shape index (κ1) is 16.7. The summed E-state index contributed by atoms with van der Waals surface area (Å²) < 4.78 is 32.0. The summed E-state index contributed by atoms with van der Waals surface area (Å²) in [5, 5.41) is 2.90. The van der Waals surface area contributed by atoms with Gasteiger partial charge in [0.2, 0.25) is 5.67 Å². The molecule has 1 saturated heterocycles. The van der Waals surface area contributed by atoms with Crippen LogP contribution in [-0.4, -0.2) is 42.8 Å². The highest BCUT2D eigenvalue weighted by molar-refractivity contribution is 5.83. The molecule has 130 valence electrons. The van der Waals surface area contributed by atoms with Crippen molar-refractivity contribution in [3.05, 3.63) is 35.6 Å². The number of nitrogens with zero attached hydrogens (tertiary/aromatic N) is 1. The molecule has 1 aliphatic carbocycles. The van der Waals surface area contributed by atoms with Crippen LogP contribution >= 0.6 is 0 Å². The number of carbonyl (C=O) groups excluding carboxylic acids is 2. The molecule has 1 saturated carbocycles. The first-order valence-electron chi connectivity index (χ1n) is 8.01. The van der Waals surface area contributed by atoms with Gasteiger partial charge in [-0.25, -0.2) is 18.4 Å². The number of amides is 2. The van der Waals surface area contributed by atoms with Gasteiger partial charge < -0.3 is 15.0 Å². The highest BCUT2D eigenvalue weighted by atomic mass is 19.1. The number of ether oxygens (including phenoxy) is 1. The molecule has 1 aliphatic heterocycles. The molecule has 5 nitrogen and oxygen atoms in total. The molecule has 2 fully saturated rings. The van der Waals surface area contributed by atoms with Gasteiger partial charge in [0, 0.05) is 13.0 Å². The van der Waals surface area contributed by atoms with Crippen molar-refractivity contribution in [2.45, 2.75) is 31.0 Å². The highest BCUT2D eigenvalue weighted by Gasteiger charge is 2.48. The lowest BCUT2D eigenvalue weighted by Gasteiger charge is -2.24. The van der Waals surface area contributed by atoms with Gasteiger partial charge in [0.25, 0.3) is 0 Å². The number of carbonyl (C=O) groups is 2. The monoisotopic (exact) mass is 338 g/mol. The number of halogens is 2. The summed E-state index contributed by atoms with van der Waals surface area (Å²) in [6, 6.07) is 5.37. The molecule has 2 amide bonds. The van der Waals surface area contributed by atoms with Gasteiger partial charge in [-0.05, 0) is 36.5 Å². The maximum atomic E-state index is 14.5. The van der Waals surface area contributed by atoms with Crippen molar-refractivity contribution in [2.75, 3.05) is 20.2 Å². The van der Waals surface area contributed by atoms with Gasteiger partial charge in [-0.3, -0.25) is 0 Å². The zero-order valence-corrected chi connectivity index (χ0v) is 13.4. The van der Waals surface area contributed by atoms with Crippen molar-refractivity contribution in [2.24, 2.45) is 5.92 Å². The Morgan fingerprint density at radius 1 is 1.33 bits per heavy atom. The lowest BCUT2D eigenvalue weighted by molar-refractivity contribution is -0.153. The lowest BCUT2D eigenvalue weighted by Crippen LogP contribution is -2.44. The Morgan fingerprint density at radius 2 is 2.00 bits per heavy atom. The van der Waals surface area contributed by atoms with E-state index in [0.717, 1.165) is 25.5 Å². The molecule has 0 spiro atoms. The van der Waals surface area contributed by atoms with Gasteiger partial charge in [-0.15, -0.1) is 0 Å². The zero-order chi connectivity index (χ0) is 17.3. The van der Waals surface area contributed by atoms with E-state index in [2.05, 4.69) is 10.1 Å². The molecule has 1 aromatic carbocycles. The number of methoxy groups -OCH3 is 1. The predicted molar refractivity (Wildman–Crippen MR) is 82.4 cm³/mol. The van der Waals surface area contributed by atoms with Crippen LogP contribution in [0.3, 0.4) is 0 Å². The van der Waals surface area contributed by atoms with Crippen LogP contribution < -0.4 is 5.32 Å². The normalized spacial score (nSPS) is 24.5. The van der Waals surface area contributed by atoms with E-state index in [1.807, 2.05) is 0 Å². The van der Waals surface area contributed by atoms with Crippen LogP contribution in [-0.2, 0) is 9.53 Å². The standard InChI is InChI=1S/C17H20F2N2O3/c1-24-15(22)17(19)8-9-21(10-17)16(23)20-14(11-2-3-11)12-4-6-13(18)7-5-12/h4-7,11,14H,2-3,8-10H2,1H3,(H,20,23). The summed E-state index contributed by atoms with van der Waals surface area (Å²) in [5.41, 5.74) is -1.32. The van der Waals surface area contributed by atoms with E-state index in [1.54, 1.807) is 12.1 Å². The van der Waals surface area contributed by atoms with Crippen molar-refractivity contribution < 1.29 is 23.1 Å². The van der Waals surface area contributed by atoms with Gasteiger partial charge in [0.05, 0.1) is 19.7 Å². The number of likely N-dealkylation sites (tertiary alicyclic amines) is 1. The highest BCUT2D eigenvalue weighted by Crippen LogP contribution is 2.41. The van der Waals surface area contributed by atoms with Crippen molar-refractivity contribution in [1.29, 1.82) is 0 Å². The zero-order valence-electron chi connectivity index (χ0n) is 13.4. The van der Waals surface area contributed by atoms with Gasteiger partial charge in [-0.1, -0.05) is 12.1 Å². The summed E-state index contributed by atoms with van der Waals surface area (Å²) in [6.45, 7) is -0.162. The molecule has 7 heteroatoms. The van der Waals surface area contributed by atoms with Crippen LogP contribution in [0, 0.1) is 11.7 Å². The Hall–Kier alpha value is -2.18. The van der Waals surface area contributed by atoms with Crippen LogP contribution in [0.2, 0.25) is 0 Å². The van der Waals surface area contributed by atoms with Crippen molar-refractivity contribution >= 4 is 12.0 Å². The molecule has 0 bridgehead atoms. The van der Waals surface area contributed by atoms with E-state index in [4.69, 9.17) is 0 Å². The molecule has 24 heavy (non-hydrogen) atoms. The average Bonchev–Trinajstić information content (AvgIpc) is 3.34. The molecule has 1 heterocycles. The smallest absolute Gasteiger partial charge is 0.345 e. The van der Waals surface area contributed by atoms with Crippen molar-refractivity contribution in [1.82, 2.24) is 10.2 Å². The lowest BCUT2D eigenvalue weighted by atomic mass is 10.0. The fourth-order valence-corrected chi connectivity index (χ4v) is 3.09. The quantitative estimate of drug-likeness (QED) is 0.859. The van der Waals surface area contributed by atoms with Gasteiger partial charge in [0.1, 0.15) is 5.82 Å². The molecular formula is C17H20F2N2O3. The summed E-state index contributed by atoms with van der Waals surface area (Å²) in [4.78, 5) is 25.2. The third-order valence-electron chi connectivity index (χ3n) is 4.66. The molecule has 2 aliphatic rings. The third-order valence-corrected chi connectivity index (χ3v) is 4.66. The first-order valence-corrected chi connectivity index (χ1v) is 8.01. The summed E-state index contributed by atoms with van der Waals surface area (Å²) in [6.07, 6.45) is 1.90. The summed E-state index contributed by atoms with van der Waals surface area (Å²) >= 11 is 0. The van der Waals surface area contributed by atoms with E-state index < -0.39 is 17.7 Å². The molecular weight excluding hydrogens is 318 g/mol. The van der Waals surface area contributed by atoms with E-state index in [-0.39, 0.29) is 31.4 Å². The largest absolute Gasteiger partial charge is 0.467 e. The Labute approximate surface area is 139 Å². The Morgan fingerprint density at radius 3 is 2.58 bits per heavy atom. The van der Waals surface area contributed by atoms with Gasteiger partial charge in [0.15, 0.2) is 0 Å². The van der Waals surface area contributed by atoms with E-state index in [0.29, 0.717) is 5.92 Å². The molecule has 1 N–H and O–H groups in total. The number of hydrogen-bond donors (Lipinski definition) is 1. The number of benzene rings is 1. The third kappa shape index (κ3) is 3.34. The van der Waals surface area contributed by atoms with Crippen molar-refractivity contribution in [3.8, 4) is 0 Å². The van der Waals surface area contributed by atoms with E-state index in [9.17, 15) is 18.4 Å². The number of esters is 1. The number of rotatable bonds is 4. The minimum atomic E-state index is -2.14. The second-order valence-corrected chi connectivity index (χ2v) is 6.44. The van der Waals surface area contributed by atoms with Gasteiger partial charge in [-0.2, -0.15) is 0 Å². The number of hydrogen-bond acceptors (Lipinski definition) is 3. The Kier molecular flexibility index (Phi) is 4.43.